The lowest BCUT2D eigenvalue weighted by Crippen LogP contribution is -2.32. The lowest BCUT2D eigenvalue weighted by atomic mass is 10.2. The number of carbonyl (C=O) groups is 1. The van der Waals surface area contributed by atoms with E-state index in [2.05, 4.69) is 25.8 Å². The van der Waals surface area contributed by atoms with Gasteiger partial charge in [-0.05, 0) is 31.0 Å². The summed E-state index contributed by atoms with van der Waals surface area (Å²) in [4.78, 5) is 16.1. The molecule has 0 bridgehead atoms. The van der Waals surface area contributed by atoms with Crippen LogP contribution in [0.25, 0.3) is 10.9 Å². The molecule has 2 heterocycles. The lowest BCUT2D eigenvalue weighted by Gasteiger charge is -2.13. The average molecular weight is 352 g/mol. The Morgan fingerprint density at radius 1 is 1.31 bits per heavy atom. The van der Waals surface area contributed by atoms with Crippen LogP contribution in [0.5, 0.6) is 0 Å². The molecule has 26 heavy (non-hydrogen) atoms. The minimum Gasteiger partial charge on any atom is -0.364 e. The Hall–Kier alpha value is -3.20. The van der Waals surface area contributed by atoms with Crippen LogP contribution >= 0.6 is 0 Å². The molecule has 9 heteroatoms. The number of aryl methyl sites for hydroxylation is 1. The topological polar surface area (TPSA) is 137 Å². The van der Waals surface area contributed by atoms with Crippen molar-refractivity contribution in [3.05, 3.63) is 36.2 Å². The number of fused-ring (bicyclic) bond motifs is 1. The number of primary amides is 1. The van der Waals surface area contributed by atoms with Crippen LogP contribution in [-0.2, 0) is 7.05 Å². The van der Waals surface area contributed by atoms with Gasteiger partial charge in [-0.15, -0.1) is 10.2 Å². The molecule has 1 fully saturated rings. The van der Waals surface area contributed by atoms with E-state index in [-0.39, 0.29) is 17.1 Å². The summed E-state index contributed by atoms with van der Waals surface area (Å²) in [6.07, 6.45) is 3.90. The van der Waals surface area contributed by atoms with Crippen molar-refractivity contribution in [2.75, 3.05) is 17.2 Å². The average Bonchev–Trinajstić information content (AvgIpc) is 3.24. The summed E-state index contributed by atoms with van der Waals surface area (Å²) in [7, 11) is 1.97. The standard InChI is InChI=1S/C17H20N8O/c1-25-8-5-10-11(3-2-4-12(10)25)21-15-13(14(18)26)23-24-16(22-15)20-9-17(19)6-7-17/h2-5,8H,6-7,9,19H2,1H3,(H2,18,26)(H2,20,21,22,24). The van der Waals surface area contributed by atoms with E-state index in [1.165, 1.54) is 0 Å². The SMILES string of the molecule is Cn1ccc2c(Nc3nc(NCC4(N)CC4)nnc3C(N)=O)cccc21. The number of benzene rings is 1. The fourth-order valence-corrected chi connectivity index (χ4v) is 2.79. The van der Waals surface area contributed by atoms with Gasteiger partial charge in [0.1, 0.15) is 0 Å². The molecule has 0 atom stereocenters. The van der Waals surface area contributed by atoms with Gasteiger partial charge in [0.15, 0.2) is 11.5 Å². The molecule has 4 rings (SSSR count). The zero-order valence-electron chi connectivity index (χ0n) is 14.4. The van der Waals surface area contributed by atoms with Crippen LogP contribution in [0.15, 0.2) is 30.5 Å². The monoisotopic (exact) mass is 352 g/mol. The molecule has 0 aliphatic heterocycles. The third-order valence-electron chi connectivity index (χ3n) is 4.59. The van der Waals surface area contributed by atoms with Crippen molar-refractivity contribution in [2.24, 2.45) is 18.5 Å². The molecule has 1 amide bonds. The highest BCUT2D eigenvalue weighted by molar-refractivity contribution is 5.99. The van der Waals surface area contributed by atoms with Crippen LogP contribution in [0.4, 0.5) is 17.5 Å². The first-order valence-electron chi connectivity index (χ1n) is 8.34. The molecule has 1 aliphatic rings. The van der Waals surface area contributed by atoms with Gasteiger partial charge in [0.05, 0.1) is 0 Å². The lowest BCUT2D eigenvalue weighted by molar-refractivity contribution is 0.0995. The Morgan fingerprint density at radius 3 is 2.85 bits per heavy atom. The number of carbonyl (C=O) groups excluding carboxylic acids is 1. The van der Waals surface area contributed by atoms with Crippen molar-refractivity contribution in [1.29, 1.82) is 0 Å². The van der Waals surface area contributed by atoms with E-state index in [9.17, 15) is 4.79 Å². The maximum atomic E-state index is 11.7. The zero-order chi connectivity index (χ0) is 18.3. The van der Waals surface area contributed by atoms with Crippen LogP contribution in [0.1, 0.15) is 23.3 Å². The number of nitrogens with zero attached hydrogens (tertiary/aromatic N) is 4. The van der Waals surface area contributed by atoms with Crippen molar-refractivity contribution in [3.63, 3.8) is 0 Å². The second-order valence-corrected chi connectivity index (χ2v) is 6.70. The van der Waals surface area contributed by atoms with E-state index in [0.29, 0.717) is 12.5 Å². The van der Waals surface area contributed by atoms with E-state index in [0.717, 1.165) is 29.4 Å². The first-order valence-corrected chi connectivity index (χ1v) is 8.34. The van der Waals surface area contributed by atoms with Crippen LogP contribution in [0, 0.1) is 0 Å². The first-order chi connectivity index (χ1) is 12.5. The van der Waals surface area contributed by atoms with Crippen LogP contribution in [0.3, 0.4) is 0 Å². The van der Waals surface area contributed by atoms with Crippen molar-refractivity contribution in [2.45, 2.75) is 18.4 Å². The van der Waals surface area contributed by atoms with Gasteiger partial charge in [-0.25, -0.2) is 0 Å². The van der Waals surface area contributed by atoms with Crippen molar-refractivity contribution >= 4 is 34.3 Å². The van der Waals surface area contributed by atoms with E-state index in [1.807, 2.05) is 42.1 Å². The fourth-order valence-electron chi connectivity index (χ4n) is 2.79. The Balaban J connectivity index is 1.67. The van der Waals surface area contributed by atoms with Crippen LogP contribution < -0.4 is 22.1 Å². The van der Waals surface area contributed by atoms with Gasteiger partial charge in [-0.1, -0.05) is 6.07 Å². The van der Waals surface area contributed by atoms with E-state index in [1.54, 1.807) is 0 Å². The number of hydrogen-bond donors (Lipinski definition) is 4. The van der Waals surface area contributed by atoms with Crippen LogP contribution in [-0.4, -0.2) is 37.7 Å². The minimum absolute atomic E-state index is 0.0163. The highest BCUT2D eigenvalue weighted by Crippen LogP contribution is 2.32. The van der Waals surface area contributed by atoms with Crippen molar-refractivity contribution in [1.82, 2.24) is 19.7 Å². The summed E-state index contributed by atoms with van der Waals surface area (Å²) in [6.45, 7) is 0.554. The maximum absolute atomic E-state index is 11.7. The third-order valence-corrected chi connectivity index (χ3v) is 4.59. The maximum Gasteiger partial charge on any atom is 0.273 e. The second-order valence-electron chi connectivity index (χ2n) is 6.70. The summed E-state index contributed by atoms with van der Waals surface area (Å²) < 4.78 is 2.01. The number of hydrogen-bond acceptors (Lipinski definition) is 7. The molecule has 2 aromatic heterocycles. The quantitative estimate of drug-likeness (QED) is 0.521. The summed E-state index contributed by atoms with van der Waals surface area (Å²) in [5.74, 6) is -0.139. The highest BCUT2D eigenvalue weighted by atomic mass is 16.1. The molecule has 3 aromatic rings. The van der Waals surface area contributed by atoms with E-state index in [4.69, 9.17) is 11.5 Å². The number of nitrogens with two attached hydrogens (primary N) is 2. The predicted octanol–water partition coefficient (Wildman–Crippen LogP) is 1.11. The van der Waals surface area contributed by atoms with E-state index >= 15 is 0 Å². The molecule has 134 valence electrons. The number of amides is 1. The second kappa shape index (κ2) is 5.95. The Morgan fingerprint density at radius 2 is 2.12 bits per heavy atom. The number of aromatic nitrogens is 4. The molecule has 0 radical (unpaired) electrons. The third kappa shape index (κ3) is 3.04. The predicted molar refractivity (Wildman–Crippen MR) is 99.2 cm³/mol. The van der Waals surface area contributed by atoms with Crippen molar-refractivity contribution < 1.29 is 4.79 Å². The Labute approximate surface area is 149 Å². The molecule has 0 spiro atoms. The fraction of sp³-hybridized carbons (Fsp3) is 0.294. The minimum atomic E-state index is -0.697. The molecule has 0 saturated heterocycles. The molecule has 1 saturated carbocycles. The van der Waals surface area contributed by atoms with Gasteiger partial charge < -0.3 is 26.7 Å². The van der Waals surface area contributed by atoms with Crippen LogP contribution in [0.2, 0.25) is 0 Å². The number of anilines is 3. The van der Waals surface area contributed by atoms with Gasteiger partial charge >= 0.3 is 0 Å². The molecule has 0 unspecified atom stereocenters. The molecule has 9 nitrogen and oxygen atoms in total. The van der Waals surface area contributed by atoms with Crippen molar-refractivity contribution in [3.8, 4) is 0 Å². The summed E-state index contributed by atoms with van der Waals surface area (Å²) in [6, 6.07) is 7.83. The molecule has 6 N–H and O–H groups in total. The molecule has 1 aromatic carbocycles. The van der Waals surface area contributed by atoms with Gasteiger partial charge in [0, 0.05) is 41.9 Å². The van der Waals surface area contributed by atoms with Gasteiger partial charge in [-0.3, -0.25) is 4.79 Å². The Bertz CT molecular complexity index is 992. The normalized spacial score (nSPS) is 15.0. The van der Waals surface area contributed by atoms with Gasteiger partial charge in [0.25, 0.3) is 5.91 Å². The largest absolute Gasteiger partial charge is 0.364 e. The molecule has 1 aliphatic carbocycles. The van der Waals surface area contributed by atoms with Gasteiger partial charge in [0.2, 0.25) is 5.95 Å². The summed E-state index contributed by atoms with van der Waals surface area (Å²) in [5, 5.41) is 15.1. The molecular formula is C17H20N8O. The number of nitrogens with one attached hydrogen (secondary N) is 2. The molecular weight excluding hydrogens is 332 g/mol. The highest BCUT2D eigenvalue weighted by Gasteiger charge is 2.38. The zero-order valence-corrected chi connectivity index (χ0v) is 14.4. The summed E-state index contributed by atoms with van der Waals surface area (Å²) in [5.41, 5.74) is 13.1. The number of rotatable bonds is 6. The first kappa shape index (κ1) is 16.3. The van der Waals surface area contributed by atoms with E-state index < -0.39 is 5.91 Å². The Kier molecular flexibility index (Phi) is 3.73. The smallest absolute Gasteiger partial charge is 0.273 e. The van der Waals surface area contributed by atoms with Gasteiger partial charge in [-0.2, -0.15) is 4.98 Å². The summed E-state index contributed by atoms with van der Waals surface area (Å²) >= 11 is 0.